The fraction of sp³-hybridized carbons (Fsp3) is 0.174. The molecule has 1 N–H and O–H groups in total. The molecular weight excluding hydrogens is 357 g/mol. The summed E-state index contributed by atoms with van der Waals surface area (Å²) in [5.74, 6) is -0.205. The van der Waals surface area contributed by atoms with Gasteiger partial charge in [0.1, 0.15) is 11.6 Å². The highest BCUT2D eigenvalue weighted by molar-refractivity contribution is 6.04. The lowest BCUT2D eigenvalue weighted by Crippen LogP contribution is -2.13. The van der Waals surface area contributed by atoms with Gasteiger partial charge in [-0.1, -0.05) is 42.5 Å². The summed E-state index contributed by atoms with van der Waals surface area (Å²) < 4.78 is 25.2. The third kappa shape index (κ3) is 5.18. The Morgan fingerprint density at radius 2 is 1.71 bits per heavy atom. The third-order valence-corrected chi connectivity index (χ3v) is 4.11. The molecule has 3 aromatic carbocycles. The van der Waals surface area contributed by atoms with E-state index in [9.17, 15) is 9.18 Å². The fourth-order valence-corrected chi connectivity index (χ4v) is 2.74. The molecule has 0 saturated carbocycles. The maximum absolute atomic E-state index is 13.8. The number of anilines is 1. The summed E-state index contributed by atoms with van der Waals surface area (Å²) in [5.41, 5.74) is 2.38. The highest BCUT2D eigenvalue weighted by atomic mass is 19.1. The third-order valence-electron chi connectivity index (χ3n) is 4.11. The second kappa shape index (κ2) is 9.67. The summed E-state index contributed by atoms with van der Waals surface area (Å²) in [4.78, 5) is 12.5. The normalized spacial score (nSPS) is 10.5. The number of para-hydroxylation sites is 1. The minimum Gasteiger partial charge on any atom is -0.494 e. The molecule has 0 fully saturated rings. The number of benzene rings is 3. The Bertz CT molecular complexity index is 928. The van der Waals surface area contributed by atoms with Crippen LogP contribution in [0.2, 0.25) is 0 Å². The van der Waals surface area contributed by atoms with E-state index in [0.29, 0.717) is 31.1 Å². The molecule has 0 heterocycles. The van der Waals surface area contributed by atoms with Crippen LogP contribution in [0.3, 0.4) is 0 Å². The van der Waals surface area contributed by atoms with E-state index in [1.807, 2.05) is 37.3 Å². The second-order valence-corrected chi connectivity index (χ2v) is 6.17. The van der Waals surface area contributed by atoms with E-state index < -0.39 is 11.7 Å². The van der Waals surface area contributed by atoms with Crippen molar-refractivity contribution in [3.8, 4) is 5.75 Å². The van der Waals surface area contributed by atoms with Crippen molar-refractivity contribution >= 4 is 11.6 Å². The smallest absolute Gasteiger partial charge is 0.255 e. The Balaban J connectivity index is 1.72. The van der Waals surface area contributed by atoms with Crippen molar-refractivity contribution in [2.75, 3.05) is 11.9 Å². The molecule has 4 nitrogen and oxygen atoms in total. The van der Waals surface area contributed by atoms with Crippen LogP contribution in [0.1, 0.15) is 28.4 Å². The topological polar surface area (TPSA) is 47.6 Å². The van der Waals surface area contributed by atoms with Gasteiger partial charge in [-0.3, -0.25) is 4.79 Å². The van der Waals surface area contributed by atoms with Crippen molar-refractivity contribution in [2.45, 2.75) is 20.1 Å². The predicted octanol–water partition coefficient (Wildman–Crippen LogP) is 5.19. The van der Waals surface area contributed by atoms with Crippen molar-refractivity contribution in [2.24, 2.45) is 0 Å². The Morgan fingerprint density at radius 3 is 2.46 bits per heavy atom. The summed E-state index contributed by atoms with van der Waals surface area (Å²) in [7, 11) is 0. The Morgan fingerprint density at radius 1 is 0.964 bits per heavy atom. The van der Waals surface area contributed by atoms with Crippen LogP contribution in [-0.4, -0.2) is 12.5 Å². The highest BCUT2D eigenvalue weighted by Gasteiger charge is 2.13. The van der Waals surface area contributed by atoms with Gasteiger partial charge >= 0.3 is 0 Å². The standard InChI is InChI=1S/C23H22FNO3/c1-2-28-22-13-12-18(23(26)25-21-11-7-6-10-20(21)24)14-19(22)16-27-15-17-8-4-3-5-9-17/h3-14H,2,15-16H2,1H3,(H,25,26). The van der Waals surface area contributed by atoms with Crippen molar-refractivity contribution in [1.82, 2.24) is 0 Å². The molecule has 0 atom stereocenters. The molecule has 0 aliphatic rings. The molecule has 3 rings (SSSR count). The lowest BCUT2D eigenvalue weighted by molar-refractivity contribution is 0.101. The SMILES string of the molecule is CCOc1ccc(C(=O)Nc2ccccc2F)cc1COCc1ccccc1. The van der Waals surface area contributed by atoms with Gasteiger partial charge in [0.15, 0.2) is 0 Å². The zero-order chi connectivity index (χ0) is 19.8. The van der Waals surface area contributed by atoms with Gasteiger partial charge in [-0.05, 0) is 42.8 Å². The zero-order valence-electron chi connectivity index (χ0n) is 15.7. The molecule has 0 radical (unpaired) electrons. The molecule has 5 heteroatoms. The molecule has 0 unspecified atom stereocenters. The van der Waals surface area contributed by atoms with Gasteiger partial charge < -0.3 is 14.8 Å². The Hall–Kier alpha value is -3.18. The summed E-state index contributed by atoms with van der Waals surface area (Å²) in [6.07, 6.45) is 0. The van der Waals surface area contributed by atoms with Gasteiger partial charge in [-0.15, -0.1) is 0 Å². The number of amides is 1. The highest BCUT2D eigenvalue weighted by Crippen LogP contribution is 2.23. The van der Waals surface area contributed by atoms with Crippen LogP contribution in [0.5, 0.6) is 5.75 Å². The summed E-state index contributed by atoms with van der Waals surface area (Å²) >= 11 is 0. The second-order valence-electron chi connectivity index (χ2n) is 6.17. The number of rotatable bonds is 8. The minimum atomic E-state index is -0.479. The van der Waals surface area contributed by atoms with Crippen LogP contribution in [0.15, 0.2) is 72.8 Å². The van der Waals surface area contributed by atoms with Crippen molar-refractivity contribution in [1.29, 1.82) is 0 Å². The number of hydrogen-bond donors (Lipinski definition) is 1. The van der Waals surface area contributed by atoms with Gasteiger partial charge in [0.05, 0.1) is 25.5 Å². The monoisotopic (exact) mass is 379 g/mol. The molecule has 1 amide bonds. The average molecular weight is 379 g/mol. The number of hydrogen-bond acceptors (Lipinski definition) is 3. The number of carbonyl (C=O) groups excluding carboxylic acids is 1. The summed E-state index contributed by atoms with van der Waals surface area (Å²) in [6, 6.07) is 21.0. The van der Waals surface area contributed by atoms with Crippen LogP contribution in [0.4, 0.5) is 10.1 Å². The molecular formula is C23H22FNO3. The van der Waals surface area contributed by atoms with Gasteiger partial charge in [0.25, 0.3) is 5.91 Å². The van der Waals surface area contributed by atoms with Gasteiger partial charge in [0.2, 0.25) is 0 Å². The largest absolute Gasteiger partial charge is 0.494 e. The molecule has 3 aromatic rings. The van der Waals surface area contributed by atoms with Crippen molar-refractivity contribution in [3.05, 3.63) is 95.3 Å². The minimum absolute atomic E-state index is 0.142. The van der Waals surface area contributed by atoms with Crippen LogP contribution in [0, 0.1) is 5.82 Å². The maximum atomic E-state index is 13.8. The molecule has 0 saturated heterocycles. The van der Waals surface area contributed by atoms with E-state index in [2.05, 4.69) is 5.32 Å². The predicted molar refractivity (Wildman–Crippen MR) is 107 cm³/mol. The van der Waals surface area contributed by atoms with Crippen LogP contribution >= 0.6 is 0 Å². The van der Waals surface area contributed by atoms with E-state index in [1.165, 1.54) is 12.1 Å². The zero-order valence-corrected chi connectivity index (χ0v) is 15.7. The number of carbonyl (C=O) groups is 1. The first-order chi connectivity index (χ1) is 13.7. The van der Waals surface area contributed by atoms with Crippen molar-refractivity contribution in [3.63, 3.8) is 0 Å². The van der Waals surface area contributed by atoms with Gasteiger partial charge in [-0.2, -0.15) is 0 Å². The van der Waals surface area contributed by atoms with E-state index >= 15 is 0 Å². The van der Waals surface area contributed by atoms with Crippen LogP contribution in [0.25, 0.3) is 0 Å². The van der Waals surface area contributed by atoms with Crippen LogP contribution in [-0.2, 0) is 18.0 Å². The quantitative estimate of drug-likeness (QED) is 0.586. The van der Waals surface area contributed by atoms with E-state index in [1.54, 1.807) is 30.3 Å². The fourth-order valence-electron chi connectivity index (χ4n) is 2.74. The summed E-state index contributed by atoms with van der Waals surface area (Å²) in [6.45, 7) is 3.16. The first kappa shape index (κ1) is 19.6. The maximum Gasteiger partial charge on any atom is 0.255 e. The number of nitrogens with one attached hydrogen (secondary N) is 1. The molecule has 0 aliphatic heterocycles. The summed E-state index contributed by atoms with van der Waals surface area (Å²) in [5, 5.41) is 2.59. The average Bonchev–Trinajstić information content (AvgIpc) is 2.72. The van der Waals surface area contributed by atoms with E-state index in [-0.39, 0.29) is 5.69 Å². The lowest BCUT2D eigenvalue weighted by Gasteiger charge is -2.13. The van der Waals surface area contributed by atoms with Crippen molar-refractivity contribution < 1.29 is 18.7 Å². The van der Waals surface area contributed by atoms with Gasteiger partial charge in [0, 0.05) is 11.1 Å². The van der Waals surface area contributed by atoms with Gasteiger partial charge in [-0.25, -0.2) is 4.39 Å². The number of ether oxygens (including phenoxy) is 2. The molecule has 0 aromatic heterocycles. The first-order valence-corrected chi connectivity index (χ1v) is 9.10. The molecule has 144 valence electrons. The molecule has 0 spiro atoms. The van der Waals surface area contributed by atoms with E-state index in [4.69, 9.17) is 9.47 Å². The Labute approximate surface area is 163 Å². The molecule has 28 heavy (non-hydrogen) atoms. The first-order valence-electron chi connectivity index (χ1n) is 9.10. The Kier molecular flexibility index (Phi) is 6.76. The molecule has 0 bridgehead atoms. The molecule has 0 aliphatic carbocycles. The lowest BCUT2D eigenvalue weighted by atomic mass is 10.1. The van der Waals surface area contributed by atoms with Crippen LogP contribution < -0.4 is 10.1 Å². The van der Waals surface area contributed by atoms with E-state index in [0.717, 1.165) is 11.1 Å². The number of halogens is 1.